The predicted octanol–water partition coefficient (Wildman–Crippen LogP) is 2.99. The van der Waals surface area contributed by atoms with E-state index in [2.05, 4.69) is 59.7 Å². The van der Waals surface area contributed by atoms with Crippen LogP contribution in [0.1, 0.15) is 32.0 Å². The Morgan fingerprint density at radius 2 is 1.78 bits per heavy atom. The van der Waals surface area contributed by atoms with Crippen molar-refractivity contribution in [2.24, 2.45) is 0 Å². The van der Waals surface area contributed by atoms with Crippen LogP contribution in [0.25, 0.3) is 5.69 Å². The molecule has 94 valence electrons. The van der Waals surface area contributed by atoms with E-state index in [1.165, 1.54) is 11.3 Å². The molecule has 2 heterocycles. The van der Waals surface area contributed by atoms with Gasteiger partial charge in [0.2, 0.25) is 0 Å². The molecule has 1 aliphatic rings. The number of hydrogen-bond donors (Lipinski definition) is 0. The van der Waals surface area contributed by atoms with Gasteiger partial charge in [-0.25, -0.2) is 4.68 Å². The maximum absolute atomic E-state index is 4.51. The zero-order chi connectivity index (χ0) is 12.8. The van der Waals surface area contributed by atoms with Crippen LogP contribution in [-0.4, -0.2) is 20.2 Å². The van der Waals surface area contributed by atoms with Crippen molar-refractivity contribution in [2.45, 2.75) is 39.4 Å². The van der Waals surface area contributed by atoms with Gasteiger partial charge < -0.3 is 0 Å². The number of fused-ring (bicyclic) bond motifs is 1. The first-order chi connectivity index (χ1) is 8.55. The summed E-state index contributed by atoms with van der Waals surface area (Å²) in [5.74, 6) is 0. The highest BCUT2D eigenvalue weighted by atomic mass is 15.3. The summed E-state index contributed by atoms with van der Waals surface area (Å²) in [6, 6.07) is 10.4. The van der Waals surface area contributed by atoms with E-state index in [9.17, 15) is 0 Å². The summed E-state index contributed by atoms with van der Waals surface area (Å²) < 4.78 is 2.07. The molecule has 3 rings (SSSR count). The van der Waals surface area contributed by atoms with Gasteiger partial charge in [-0.3, -0.25) is 4.90 Å². The van der Waals surface area contributed by atoms with E-state index in [4.69, 9.17) is 0 Å². The highest BCUT2D eigenvalue weighted by molar-refractivity contribution is 5.36. The van der Waals surface area contributed by atoms with Crippen LogP contribution < -0.4 is 0 Å². The van der Waals surface area contributed by atoms with E-state index in [1.807, 2.05) is 12.3 Å². The van der Waals surface area contributed by atoms with Gasteiger partial charge >= 0.3 is 0 Å². The maximum atomic E-state index is 4.51. The first-order valence-electron chi connectivity index (χ1n) is 6.42. The fraction of sp³-hybridized carbons (Fsp3) is 0.400. The van der Waals surface area contributed by atoms with Gasteiger partial charge in [0.05, 0.1) is 17.6 Å². The Bertz CT molecular complexity index is 549. The number of aromatic nitrogens is 2. The minimum Gasteiger partial charge on any atom is -0.288 e. The molecular weight excluding hydrogens is 222 g/mol. The lowest BCUT2D eigenvalue weighted by atomic mass is 10.1. The molecule has 0 bridgehead atoms. The van der Waals surface area contributed by atoms with E-state index < -0.39 is 0 Å². The molecule has 0 aliphatic carbocycles. The summed E-state index contributed by atoms with van der Waals surface area (Å²) in [4.78, 5) is 2.48. The normalized spacial score (nSPS) is 15.9. The predicted molar refractivity (Wildman–Crippen MR) is 72.6 cm³/mol. The van der Waals surface area contributed by atoms with E-state index in [0.717, 1.165) is 18.8 Å². The second-order valence-corrected chi connectivity index (χ2v) is 5.89. The SMILES string of the molecule is CC(C)(C)N1Cc2cnn(-c3ccccc3)c2C1. The van der Waals surface area contributed by atoms with E-state index in [1.54, 1.807) is 0 Å². The van der Waals surface area contributed by atoms with Crippen LogP contribution in [0, 0.1) is 0 Å². The van der Waals surface area contributed by atoms with E-state index in [0.29, 0.717) is 0 Å². The summed E-state index contributed by atoms with van der Waals surface area (Å²) in [5.41, 5.74) is 4.04. The van der Waals surface area contributed by atoms with Crippen LogP contribution in [0.3, 0.4) is 0 Å². The lowest BCUT2D eigenvalue weighted by Crippen LogP contribution is -2.37. The number of hydrogen-bond acceptors (Lipinski definition) is 2. The maximum Gasteiger partial charge on any atom is 0.0649 e. The summed E-state index contributed by atoms with van der Waals surface area (Å²) in [6.07, 6.45) is 2.01. The number of rotatable bonds is 1. The summed E-state index contributed by atoms with van der Waals surface area (Å²) in [6.45, 7) is 8.77. The highest BCUT2D eigenvalue weighted by Gasteiger charge is 2.30. The van der Waals surface area contributed by atoms with Gasteiger partial charge in [-0.2, -0.15) is 5.10 Å². The Morgan fingerprint density at radius 1 is 1.06 bits per heavy atom. The molecular formula is C15H19N3. The second-order valence-electron chi connectivity index (χ2n) is 5.89. The summed E-state index contributed by atoms with van der Waals surface area (Å²) in [5, 5.41) is 4.51. The first-order valence-corrected chi connectivity index (χ1v) is 6.42. The van der Waals surface area contributed by atoms with Crippen molar-refractivity contribution in [3.8, 4) is 5.69 Å². The second kappa shape index (κ2) is 3.95. The third-order valence-electron chi connectivity index (χ3n) is 3.61. The van der Waals surface area contributed by atoms with Crippen LogP contribution in [0.4, 0.5) is 0 Å². The monoisotopic (exact) mass is 241 g/mol. The average Bonchev–Trinajstić information content (AvgIpc) is 2.88. The molecule has 3 nitrogen and oxygen atoms in total. The molecule has 0 radical (unpaired) electrons. The van der Waals surface area contributed by atoms with Gasteiger partial charge in [-0.1, -0.05) is 18.2 Å². The van der Waals surface area contributed by atoms with Crippen molar-refractivity contribution in [3.63, 3.8) is 0 Å². The molecule has 2 aromatic rings. The Morgan fingerprint density at radius 3 is 2.44 bits per heavy atom. The zero-order valence-electron chi connectivity index (χ0n) is 11.2. The van der Waals surface area contributed by atoms with Crippen molar-refractivity contribution >= 4 is 0 Å². The molecule has 0 unspecified atom stereocenters. The molecule has 3 heteroatoms. The number of benzene rings is 1. The fourth-order valence-electron chi connectivity index (χ4n) is 2.42. The average molecular weight is 241 g/mol. The summed E-state index contributed by atoms with van der Waals surface area (Å²) in [7, 11) is 0. The van der Waals surface area contributed by atoms with Crippen molar-refractivity contribution in [1.29, 1.82) is 0 Å². The molecule has 0 spiro atoms. The molecule has 18 heavy (non-hydrogen) atoms. The van der Waals surface area contributed by atoms with Crippen LogP contribution in [0.15, 0.2) is 36.5 Å². The van der Waals surface area contributed by atoms with Gasteiger partial charge in [0.15, 0.2) is 0 Å². The molecule has 0 atom stereocenters. The molecule has 1 aromatic carbocycles. The highest BCUT2D eigenvalue weighted by Crippen LogP contribution is 2.30. The lowest BCUT2D eigenvalue weighted by Gasteiger charge is -2.31. The summed E-state index contributed by atoms with van der Waals surface area (Å²) >= 11 is 0. The molecule has 1 aliphatic heterocycles. The largest absolute Gasteiger partial charge is 0.288 e. The number of nitrogens with zero attached hydrogens (tertiary/aromatic N) is 3. The number of para-hydroxylation sites is 1. The fourth-order valence-corrected chi connectivity index (χ4v) is 2.42. The first kappa shape index (κ1) is 11.5. The van der Waals surface area contributed by atoms with Gasteiger partial charge in [0.1, 0.15) is 0 Å². The Hall–Kier alpha value is -1.61. The zero-order valence-corrected chi connectivity index (χ0v) is 11.2. The smallest absolute Gasteiger partial charge is 0.0649 e. The Kier molecular flexibility index (Phi) is 2.52. The van der Waals surface area contributed by atoms with Crippen LogP contribution in [-0.2, 0) is 13.1 Å². The Balaban J connectivity index is 1.96. The van der Waals surface area contributed by atoms with Crippen molar-refractivity contribution in [1.82, 2.24) is 14.7 Å². The molecule has 0 N–H and O–H groups in total. The van der Waals surface area contributed by atoms with Crippen molar-refractivity contribution in [3.05, 3.63) is 47.8 Å². The van der Waals surface area contributed by atoms with Crippen molar-refractivity contribution < 1.29 is 0 Å². The molecule has 0 amide bonds. The lowest BCUT2D eigenvalue weighted by molar-refractivity contribution is 0.134. The Labute approximate surface area is 108 Å². The molecule has 0 saturated heterocycles. The third-order valence-corrected chi connectivity index (χ3v) is 3.61. The minimum absolute atomic E-state index is 0.209. The topological polar surface area (TPSA) is 21.1 Å². The van der Waals surface area contributed by atoms with E-state index in [-0.39, 0.29) is 5.54 Å². The third kappa shape index (κ3) is 1.85. The standard InChI is InChI=1S/C15H19N3/c1-15(2,3)17-10-12-9-16-18(14(12)11-17)13-7-5-4-6-8-13/h4-9H,10-11H2,1-3H3. The minimum atomic E-state index is 0.209. The quantitative estimate of drug-likeness (QED) is 0.765. The van der Waals surface area contributed by atoms with Crippen LogP contribution >= 0.6 is 0 Å². The molecule has 0 saturated carbocycles. The van der Waals surface area contributed by atoms with Gasteiger partial charge in [-0.05, 0) is 32.9 Å². The van der Waals surface area contributed by atoms with Crippen molar-refractivity contribution in [2.75, 3.05) is 0 Å². The molecule has 0 fully saturated rings. The van der Waals surface area contributed by atoms with Gasteiger partial charge in [-0.15, -0.1) is 0 Å². The van der Waals surface area contributed by atoms with Crippen LogP contribution in [0.2, 0.25) is 0 Å². The van der Waals surface area contributed by atoms with Gasteiger partial charge in [0, 0.05) is 24.2 Å². The van der Waals surface area contributed by atoms with E-state index >= 15 is 0 Å². The van der Waals surface area contributed by atoms with Gasteiger partial charge in [0.25, 0.3) is 0 Å². The van der Waals surface area contributed by atoms with Crippen LogP contribution in [0.5, 0.6) is 0 Å². The molecule has 1 aromatic heterocycles.